The van der Waals surface area contributed by atoms with Crippen molar-refractivity contribution in [2.45, 2.75) is 18.9 Å². The summed E-state index contributed by atoms with van der Waals surface area (Å²) in [6.07, 6.45) is 7.38. The Bertz CT molecular complexity index is 687. The highest BCUT2D eigenvalue weighted by Gasteiger charge is 2.22. The molecule has 0 aliphatic heterocycles. The molecule has 19 heavy (non-hydrogen) atoms. The molecule has 2 aromatic rings. The Hall–Kier alpha value is -2.15. The van der Waals surface area contributed by atoms with E-state index in [1.165, 1.54) is 0 Å². The van der Waals surface area contributed by atoms with Crippen LogP contribution in [-0.2, 0) is 0 Å². The minimum absolute atomic E-state index is 0.0909. The molecule has 2 aromatic heterocycles. The van der Waals surface area contributed by atoms with Gasteiger partial charge in [0.2, 0.25) is 5.95 Å². The molecule has 0 aromatic carbocycles. The summed E-state index contributed by atoms with van der Waals surface area (Å²) in [5, 5.41) is 8.96. The Morgan fingerprint density at radius 1 is 1.53 bits per heavy atom. The molecule has 0 saturated carbocycles. The summed E-state index contributed by atoms with van der Waals surface area (Å²) in [5.41, 5.74) is 6.04. The van der Waals surface area contributed by atoms with E-state index >= 15 is 0 Å². The standard InChI is InChI=1S/C12H15N5O2/c13-12-15-10-9(11(19)16-12)14-6-17(10)8-2-1-7(5-8)3-4-18/h1-2,6-8,18H,3-5H2,(H3,13,15,16,19)/t7-,8+/m1/s1. The average Bonchev–Trinajstić information content (AvgIpc) is 2.95. The van der Waals surface area contributed by atoms with E-state index in [9.17, 15) is 4.79 Å². The molecule has 7 nitrogen and oxygen atoms in total. The van der Waals surface area contributed by atoms with Crippen molar-refractivity contribution in [1.82, 2.24) is 19.5 Å². The third-order valence-corrected chi connectivity index (χ3v) is 3.46. The van der Waals surface area contributed by atoms with Crippen LogP contribution in [0.2, 0.25) is 0 Å². The molecule has 1 aliphatic carbocycles. The maximum Gasteiger partial charge on any atom is 0.280 e. The number of aromatic amines is 1. The number of aliphatic hydroxyl groups is 1. The van der Waals surface area contributed by atoms with Gasteiger partial charge in [-0.3, -0.25) is 9.78 Å². The lowest BCUT2D eigenvalue weighted by molar-refractivity contribution is 0.265. The van der Waals surface area contributed by atoms with Gasteiger partial charge in [0.1, 0.15) is 0 Å². The summed E-state index contributed by atoms with van der Waals surface area (Å²) in [6.45, 7) is 0.178. The molecule has 2 atom stereocenters. The van der Waals surface area contributed by atoms with Crippen LogP contribution in [0.1, 0.15) is 18.9 Å². The Kier molecular flexibility index (Phi) is 2.83. The van der Waals surface area contributed by atoms with Crippen LogP contribution in [0.4, 0.5) is 5.95 Å². The van der Waals surface area contributed by atoms with Crippen LogP contribution in [0.3, 0.4) is 0 Å². The monoisotopic (exact) mass is 261 g/mol. The minimum atomic E-state index is -0.324. The van der Waals surface area contributed by atoms with Gasteiger partial charge in [-0.05, 0) is 18.8 Å². The fourth-order valence-corrected chi connectivity index (χ4v) is 2.52. The van der Waals surface area contributed by atoms with Gasteiger partial charge in [-0.25, -0.2) is 4.98 Å². The van der Waals surface area contributed by atoms with Gasteiger partial charge in [0.05, 0.1) is 12.4 Å². The number of aromatic nitrogens is 4. The number of imidazole rings is 1. The number of H-pyrrole nitrogens is 1. The van der Waals surface area contributed by atoms with Crippen LogP contribution in [0.15, 0.2) is 23.3 Å². The fourth-order valence-electron chi connectivity index (χ4n) is 2.52. The molecule has 0 unspecified atom stereocenters. The number of hydrogen-bond acceptors (Lipinski definition) is 5. The molecule has 2 heterocycles. The smallest absolute Gasteiger partial charge is 0.280 e. The van der Waals surface area contributed by atoms with Crippen LogP contribution in [0.5, 0.6) is 0 Å². The van der Waals surface area contributed by atoms with E-state index < -0.39 is 0 Å². The van der Waals surface area contributed by atoms with Crippen molar-refractivity contribution in [3.8, 4) is 0 Å². The summed E-state index contributed by atoms with van der Waals surface area (Å²) < 4.78 is 1.86. The van der Waals surface area contributed by atoms with E-state index in [0.29, 0.717) is 17.1 Å². The van der Waals surface area contributed by atoms with Crippen molar-refractivity contribution in [3.05, 3.63) is 28.8 Å². The molecule has 0 radical (unpaired) electrons. The number of anilines is 1. The van der Waals surface area contributed by atoms with Crippen molar-refractivity contribution >= 4 is 17.1 Å². The van der Waals surface area contributed by atoms with Gasteiger partial charge in [-0.15, -0.1) is 0 Å². The van der Waals surface area contributed by atoms with Crippen LogP contribution >= 0.6 is 0 Å². The Labute approximate surface area is 108 Å². The fraction of sp³-hybridized carbons (Fsp3) is 0.417. The number of fused-ring (bicyclic) bond motifs is 1. The van der Waals surface area contributed by atoms with E-state index in [2.05, 4.69) is 27.1 Å². The summed E-state index contributed by atoms with van der Waals surface area (Å²) >= 11 is 0. The van der Waals surface area contributed by atoms with E-state index in [-0.39, 0.29) is 24.2 Å². The van der Waals surface area contributed by atoms with Crippen molar-refractivity contribution in [3.63, 3.8) is 0 Å². The number of rotatable bonds is 3. The van der Waals surface area contributed by atoms with E-state index in [4.69, 9.17) is 10.8 Å². The third kappa shape index (κ3) is 2.01. The first-order chi connectivity index (χ1) is 9.19. The molecule has 4 N–H and O–H groups in total. The van der Waals surface area contributed by atoms with E-state index in [1.807, 2.05) is 4.57 Å². The van der Waals surface area contributed by atoms with Crippen LogP contribution in [0.25, 0.3) is 11.2 Å². The van der Waals surface area contributed by atoms with E-state index in [0.717, 1.165) is 12.8 Å². The predicted octanol–water partition coefficient (Wildman–Crippen LogP) is 0.201. The first kappa shape index (κ1) is 11.9. The predicted molar refractivity (Wildman–Crippen MR) is 70.5 cm³/mol. The van der Waals surface area contributed by atoms with Gasteiger partial charge >= 0.3 is 0 Å². The lowest BCUT2D eigenvalue weighted by Gasteiger charge is -2.13. The van der Waals surface area contributed by atoms with Gasteiger partial charge < -0.3 is 15.4 Å². The zero-order chi connectivity index (χ0) is 13.4. The lowest BCUT2D eigenvalue weighted by atomic mass is 10.0. The first-order valence-electron chi connectivity index (χ1n) is 6.20. The molecule has 1 aliphatic rings. The lowest BCUT2D eigenvalue weighted by Crippen LogP contribution is -2.13. The topological polar surface area (TPSA) is 110 Å². The van der Waals surface area contributed by atoms with Crippen molar-refractivity contribution in [1.29, 1.82) is 0 Å². The van der Waals surface area contributed by atoms with Crippen molar-refractivity contribution in [2.75, 3.05) is 12.3 Å². The minimum Gasteiger partial charge on any atom is -0.396 e. The number of nitrogen functional groups attached to an aromatic ring is 1. The summed E-state index contributed by atoms with van der Waals surface area (Å²) in [6, 6.07) is 0.107. The molecular weight excluding hydrogens is 246 g/mol. The van der Waals surface area contributed by atoms with Crippen molar-refractivity contribution in [2.24, 2.45) is 5.92 Å². The SMILES string of the molecule is Nc1nc2c(ncn2[C@H]2C=C[C@H](CCO)C2)c(=O)[nH]1. The molecule has 0 spiro atoms. The number of nitrogens with zero attached hydrogens (tertiary/aromatic N) is 3. The Balaban J connectivity index is 1.99. The number of hydrogen-bond donors (Lipinski definition) is 3. The number of nitrogens with two attached hydrogens (primary N) is 1. The normalized spacial score (nSPS) is 22.4. The zero-order valence-electron chi connectivity index (χ0n) is 10.3. The van der Waals surface area contributed by atoms with Gasteiger partial charge in [0.15, 0.2) is 11.2 Å². The van der Waals surface area contributed by atoms with Crippen LogP contribution in [0, 0.1) is 5.92 Å². The molecule has 7 heteroatoms. The maximum absolute atomic E-state index is 11.7. The largest absolute Gasteiger partial charge is 0.396 e. The van der Waals surface area contributed by atoms with Gasteiger partial charge in [0.25, 0.3) is 5.56 Å². The van der Waals surface area contributed by atoms with E-state index in [1.54, 1.807) is 6.33 Å². The van der Waals surface area contributed by atoms with Gasteiger partial charge in [0, 0.05) is 6.61 Å². The average molecular weight is 261 g/mol. The highest BCUT2D eigenvalue weighted by Crippen LogP contribution is 2.31. The Morgan fingerprint density at radius 3 is 3.16 bits per heavy atom. The second kappa shape index (κ2) is 4.51. The number of aliphatic hydroxyl groups excluding tert-OH is 1. The second-order valence-corrected chi connectivity index (χ2v) is 4.74. The molecule has 0 bridgehead atoms. The van der Waals surface area contributed by atoms with Gasteiger partial charge in [-0.1, -0.05) is 12.2 Å². The second-order valence-electron chi connectivity index (χ2n) is 4.74. The first-order valence-corrected chi connectivity index (χ1v) is 6.20. The molecule has 0 amide bonds. The van der Waals surface area contributed by atoms with Crippen molar-refractivity contribution < 1.29 is 5.11 Å². The quantitative estimate of drug-likeness (QED) is 0.684. The molecule has 0 saturated heterocycles. The van der Waals surface area contributed by atoms with Crippen LogP contribution < -0.4 is 11.3 Å². The summed E-state index contributed by atoms with van der Waals surface area (Å²) in [5.74, 6) is 0.444. The Morgan fingerprint density at radius 2 is 2.37 bits per heavy atom. The highest BCUT2D eigenvalue weighted by atomic mass is 16.3. The molecule has 100 valence electrons. The molecular formula is C12H15N5O2. The van der Waals surface area contributed by atoms with Gasteiger partial charge in [-0.2, -0.15) is 4.98 Å². The summed E-state index contributed by atoms with van der Waals surface area (Å²) in [4.78, 5) is 22.4. The summed E-state index contributed by atoms with van der Waals surface area (Å²) in [7, 11) is 0. The third-order valence-electron chi connectivity index (χ3n) is 3.46. The molecule has 0 fully saturated rings. The zero-order valence-corrected chi connectivity index (χ0v) is 10.3. The number of nitrogens with one attached hydrogen (secondary N) is 1. The maximum atomic E-state index is 11.7. The highest BCUT2D eigenvalue weighted by molar-refractivity contribution is 5.70. The van der Waals surface area contributed by atoms with Crippen LogP contribution in [-0.4, -0.2) is 31.2 Å². The molecule has 3 rings (SSSR count). The number of allylic oxidation sites excluding steroid dienone is 2.